The summed E-state index contributed by atoms with van der Waals surface area (Å²) >= 11 is 0. The largest absolute Gasteiger partial charge is 0.469 e. The van der Waals surface area contributed by atoms with E-state index in [0.717, 1.165) is 18.6 Å². The summed E-state index contributed by atoms with van der Waals surface area (Å²) in [4.78, 5) is 35.1. The molecular formula is C19H34N2O5. The van der Waals surface area contributed by atoms with E-state index < -0.39 is 22.8 Å². The number of nitrogens with zero attached hydrogens (tertiary/aromatic N) is 2. The molecular weight excluding hydrogens is 336 g/mol. The summed E-state index contributed by atoms with van der Waals surface area (Å²) in [5.41, 5.74) is -1.43. The second kappa shape index (κ2) is 8.48. The first-order valence-electron chi connectivity index (χ1n) is 9.33. The SMILES string of the molecule is CCOC(=O)C(C)(C)ON1C(C)(CCC(=O)OC)N=C(C)C1(CC)CC. The lowest BCUT2D eigenvalue weighted by atomic mass is 9.87. The molecule has 0 saturated heterocycles. The van der Waals surface area contributed by atoms with Crippen LogP contribution in [0.1, 0.15) is 74.1 Å². The maximum absolute atomic E-state index is 12.4. The number of hydrogen-bond acceptors (Lipinski definition) is 7. The van der Waals surface area contributed by atoms with Gasteiger partial charge in [0.15, 0.2) is 5.60 Å². The molecule has 0 radical (unpaired) electrons. The first-order valence-corrected chi connectivity index (χ1v) is 9.33. The number of hydroxylamine groups is 2. The van der Waals surface area contributed by atoms with Crippen molar-refractivity contribution in [3.63, 3.8) is 0 Å². The lowest BCUT2D eigenvalue weighted by molar-refractivity contribution is -0.303. The van der Waals surface area contributed by atoms with Crippen molar-refractivity contribution in [2.24, 2.45) is 4.99 Å². The molecule has 150 valence electrons. The molecule has 26 heavy (non-hydrogen) atoms. The molecule has 0 bridgehead atoms. The van der Waals surface area contributed by atoms with Crippen LogP contribution in [0.5, 0.6) is 0 Å². The van der Waals surface area contributed by atoms with E-state index in [4.69, 9.17) is 19.3 Å². The van der Waals surface area contributed by atoms with Gasteiger partial charge in [0.05, 0.1) is 19.3 Å². The van der Waals surface area contributed by atoms with Crippen molar-refractivity contribution < 1.29 is 23.9 Å². The third kappa shape index (κ3) is 4.26. The van der Waals surface area contributed by atoms with Crippen LogP contribution >= 0.6 is 0 Å². The summed E-state index contributed by atoms with van der Waals surface area (Å²) in [5, 5.41) is 1.81. The molecule has 0 saturated carbocycles. The molecule has 7 heteroatoms. The number of aliphatic imine (C=N–C) groups is 1. The quantitative estimate of drug-likeness (QED) is 0.580. The van der Waals surface area contributed by atoms with E-state index in [9.17, 15) is 9.59 Å². The Morgan fingerprint density at radius 2 is 1.77 bits per heavy atom. The van der Waals surface area contributed by atoms with Gasteiger partial charge in [0.1, 0.15) is 5.66 Å². The van der Waals surface area contributed by atoms with E-state index in [0.29, 0.717) is 6.42 Å². The summed E-state index contributed by atoms with van der Waals surface area (Å²) in [6.45, 7) is 13.5. The second-order valence-corrected chi connectivity index (χ2v) is 7.35. The molecule has 0 N–H and O–H groups in total. The monoisotopic (exact) mass is 370 g/mol. The summed E-state index contributed by atoms with van der Waals surface area (Å²) in [7, 11) is 1.37. The van der Waals surface area contributed by atoms with E-state index in [1.165, 1.54) is 7.11 Å². The van der Waals surface area contributed by atoms with Crippen molar-refractivity contribution in [1.29, 1.82) is 0 Å². The summed E-state index contributed by atoms with van der Waals surface area (Å²) < 4.78 is 9.93. The van der Waals surface area contributed by atoms with E-state index >= 15 is 0 Å². The zero-order chi connectivity index (χ0) is 20.2. The normalized spacial score (nSPS) is 22.8. The Morgan fingerprint density at radius 1 is 1.19 bits per heavy atom. The van der Waals surface area contributed by atoms with Crippen molar-refractivity contribution in [3.8, 4) is 0 Å². The van der Waals surface area contributed by atoms with Gasteiger partial charge in [-0.25, -0.2) is 4.79 Å². The van der Waals surface area contributed by atoms with Gasteiger partial charge < -0.3 is 9.47 Å². The highest BCUT2D eigenvalue weighted by Crippen LogP contribution is 2.44. The molecule has 0 amide bonds. The molecule has 0 aromatic rings. The molecule has 0 aliphatic carbocycles. The zero-order valence-corrected chi connectivity index (χ0v) is 17.5. The molecule has 0 spiro atoms. The summed E-state index contributed by atoms with van der Waals surface area (Å²) in [5.74, 6) is -0.727. The number of esters is 2. The molecule has 1 aliphatic rings. The van der Waals surface area contributed by atoms with Gasteiger partial charge in [0.25, 0.3) is 0 Å². The van der Waals surface area contributed by atoms with Crippen LogP contribution in [0.3, 0.4) is 0 Å². The summed E-state index contributed by atoms with van der Waals surface area (Å²) in [6.07, 6.45) is 2.18. The van der Waals surface area contributed by atoms with Gasteiger partial charge in [0, 0.05) is 12.1 Å². The van der Waals surface area contributed by atoms with Crippen molar-refractivity contribution in [1.82, 2.24) is 5.06 Å². The topological polar surface area (TPSA) is 77.4 Å². The van der Waals surface area contributed by atoms with E-state index in [1.807, 2.05) is 18.9 Å². The fourth-order valence-electron chi connectivity index (χ4n) is 3.52. The van der Waals surface area contributed by atoms with Crippen LogP contribution in [0.25, 0.3) is 0 Å². The maximum atomic E-state index is 12.4. The summed E-state index contributed by atoms with van der Waals surface area (Å²) in [6, 6.07) is 0. The smallest absolute Gasteiger partial charge is 0.339 e. The number of rotatable bonds is 9. The second-order valence-electron chi connectivity index (χ2n) is 7.35. The van der Waals surface area contributed by atoms with E-state index in [2.05, 4.69) is 13.8 Å². The fourth-order valence-corrected chi connectivity index (χ4v) is 3.52. The predicted octanol–water partition coefficient (Wildman–Crippen LogP) is 3.26. The minimum Gasteiger partial charge on any atom is -0.469 e. The first kappa shape index (κ1) is 22.6. The zero-order valence-electron chi connectivity index (χ0n) is 17.5. The van der Waals surface area contributed by atoms with Crippen molar-refractivity contribution >= 4 is 17.7 Å². The number of methoxy groups -OCH3 is 1. The lowest BCUT2D eigenvalue weighted by Gasteiger charge is -2.46. The fraction of sp³-hybridized carbons (Fsp3) is 0.842. The number of carbonyl (C=O) groups excluding carboxylic acids is 2. The minimum atomic E-state index is -1.17. The highest BCUT2D eigenvalue weighted by Gasteiger charge is 2.55. The van der Waals surface area contributed by atoms with Crippen molar-refractivity contribution in [2.45, 2.75) is 91.0 Å². The number of hydrogen-bond donors (Lipinski definition) is 0. The molecule has 7 nitrogen and oxygen atoms in total. The Hall–Kier alpha value is -1.47. The molecule has 1 atom stereocenters. The van der Waals surface area contributed by atoms with Gasteiger partial charge >= 0.3 is 11.9 Å². The molecule has 0 aromatic heterocycles. The average Bonchev–Trinajstić information content (AvgIpc) is 2.80. The first-order chi connectivity index (χ1) is 12.0. The van der Waals surface area contributed by atoms with Gasteiger partial charge in [-0.15, -0.1) is 5.06 Å². The molecule has 1 heterocycles. The Kier molecular flexibility index (Phi) is 7.36. The van der Waals surface area contributed by atoms with Crippen molar-refractivity contribution in [2.75, 3.05) is 13.7 Å². The van der Waals surface area contributed by atoms with E-state index in [-0.39, 0.29) is 19.0 Å². The predicted molar refractivity (Wildman–Crippen MR) is 99.7 cm³/mol. The highest BCUT2D eigenvalue weighted by atomic mass is 16.7. The van der Waals surface area contributed by atoms with Crippen LogP contribution < -0.4 is 0 Å². The van der Waals surface area contributed by atoms with Crippen LogP contribution in [0.15, 0.2) is 4.99 Å². The molecule has 1 aliphatic heterocycles. The average molecular weight is 370 g/mol. The van der Waals surface area contributed by atoms with Gasteiger partial charge in [0.2, 0.25) is 0 Å². The van der Waals surface area contributed by atoms with Crippen LogP contribution in [0.2, 0.25) is 0 Å². The van der Waals surface area contributed by atoms with Gasteiger partial charge in [-0.3, -0.25) is 14.6 Å². The van der Waals surface area contributed by atoms with Gasteiger partial charge in [-0.05, 0) is 53.9 Å². The van der Waals surface area contributed by atoms with Crippen LogP contribution in [-0.2, 0) is 23.9 Å². The van der Waals surface area contributed by atoms with Crippen LogP contribution in [-0.4, -0.2) is 53.2 Å². The number of carbonyl (C=O) groups is 2. The Labute approximate surface area is 157 Å². The Bertz CT molecular complexity index is 554. The standard InChI is InChI=1S/C19H34N2O5/c1-9-19(10-2)14(4)20-18(7,13-12-15(22)24-8)21(19)26-17(5,6)16(23)25-11-3/h9-13H2,1-8H3. The van der Waals surface area contributed by atoms with Crippen LogP contribution in [0, 0.1) is 0 Å². The lowest BCUT2D eigenvalue weighted by Crippen LogP contribution is -2.59. The number of ether oxygens (including phenoxy) is 2. The third-order valence-corrected chi connectivity index (χ3v) is 5.20. The van der Waals surface area contributed by atoms with Crippen molar-refractivity contribution in [3.05, 3.63) is 0 Å². The highest BCUT2D eigenvalue weighted by molar-refractivity contribution is 5.93. The van der Waals surface area contributed by atoms with Gasteiger partial charge in [-0.2, -0.15) is 0 Å². The molecule has 0 aromatic carbocycles. The molecule has 1 rings (SSSR count). The van der Waals surface area contributed by atoms with Crippen LogP contribution in [0.4, 0.5) is 0 Å². The maximum Gasteiger partial charge on any atom is 0.339 e. The Morgan fingerprint density at radius 3 is 2.23 bits per heavy atom. The third-order valence-electron chi connectivity index (χ3n) is 5.20. The molecule has 0 fully saturated rings. The van der Waals surface area contributed by atoms with E-state index in [1.54, 1.807) is 20.8 Å². The Balaban J connectivity index is 3.24. The minimum absolute atomic E-state index is 0.215. The molecule has 1 unspecified atom stereocenters. The van der Waals surface area contributed by atoms with Gasteiger partial charge in [-0.1, -0.05) is 13.8 Å².